The number of fused-ring (bicyclic) bond motifs is 10. The van der Waals surface area contributed by atoms with E-state index in [1.165, 1.54) is 21.8 Å². The second-order valence-corrected chi connectivity index (χ2v) is 9.37. The number of aromatic nitrogens is 3. The minimum Gasteiger partial charge on any atom is -0.305 e. The maximum atomic E-state index is 14.0. The van der Waals surface area contributed by atoms with Crippen molar-refractivity contribution >= 4 is 65.5 Å². The zero-order valence-corrected chi connectivity index (χ0v) is 18.6. The molecule has 7 aromatic rings. The van der Waals surface area contributed by atoms with Gasteiger partial charge in [0.05, 0.1) is 44.3 Å². The van der Waals surface area contributed by atoms with Gasteiger partial charge in [0.25, 0.3) is 5.56 Å². The van der Waals surface area contributed by atoms with Gasteiger partial charge in [-0.15, -0.1) is 0 Å². The molecule has 0 bridgehead atoms. The summed E-state index contributed by atoms with van der Waals surface area (Å²) in [6, 6.07) is 35.8. The van der Waals surface area contributed by atoms with Crippen molar-refractivity contribution in [2.45, 2.75) is 0 Å². The summed E-state index contributed by atoms with van der Waals surface area (Å²) < 4.78 is 6.67. The molecule has 0 unspecified atom stereocenters. The van der Waals surface area contributed by atoms with Crippen molar-refractivity contribution in [2.75, 3.05) is 0 Å². The van der Waals surface area contributed by atoms with Crippen LogP contribution in [0.1, 0.15) is 0 Å². The van der Waals surface area contributed by atoms with Crippen molar-refractivity contribution in [2.24, 2.45) is 0 Å². The van der Waals surface area contributed by atoms with Crippen molar-refractivity contribution in [3.63, 3.8) is 0 Å². The van der Waals surface area contributed by atoms with Crippen molar-refractivity contribution < 1.29 is 0 Å². The number of nitrogens with zero attached hydrogens (tertiary/aromatic N) is 3. The molecule has 35 heavy (non-hydrogen) atoms. The quantitative estimate of drug-likeness (QED) is 0.182. The van der Waals surface area contributed by atoms with Gasteiger partial charge in [0.15, 0.2) is 0 Å². The molecule has 2 aliphatic rings. The lowest BCUT2D eigenvalue weighted by Gasteiger charge is -2.25. The van der Waals surface area contributed by atoms with Gasteiger partial charge in [-0.3, -0.25) is 9.20 Å². The van der Waals surface area contributed by atoms with Crippen LogP contribution in [-0.4, -0.2) is 13.4 Å². The van der Waals surface area contributed by atoms with Crippen LogP contribution >= 0.6 is 0 Å². The molecule has 9 rings (SSSR count). The predicted octanol–water partition coefficient (Wildman–Crippen LogP) is 6.98. The second kappa shape index (κ2) is 5.80. The molecule has 0 saturated carbocycles. The average molecular weight is 447 g/mol. The number of rotatable bonds is 0. The Labute approximate surface area is 198 Å². The summed E-state index contributed by atoms with van der Waals surface area (Å²) in [5.41, 5.74) is 8.60. The lowest BCUT2D eigenvalue weighted by molar-refractivity contribution is 1.07. The van der Waals surface area contributed by atoms with Crippen molar-refractivity contribution in [3.8, 4) is 5.69 Å². The van der Waals surface area contributed by atoms with Gasteiger partial charge in [0, 0.05) is 21.5 Å². The van der Waals surface area contributed by atoms with Crippen LogP contribution in [0.25, 0.3) is 71.2 Å². The van der Waals surface area contributed by atoms with Crippen LogP contribution in [0.15, 0.2) is 108 Å². The molecular weight excluding hydrogens is 430 g/mol. The highest BCUT2D eigenvalue weighted by Gasteiger charge is 2.25. The maximum Gasteiger partial charge on any atom is 0.263 e. The van der Waals surface area contributed by atoms with E-state index in [1.54, 1.807) is 0 Å². The highest BCUT2D eigenvalue weighted by molar-refractivity contribution is 6.19. The number of pyridine rings is 1. The molecule has 0 aliphatic carbocycles. The first-order valence-electron chi connectivity index (χ1n) is 11.9. The van der Waals surface area contributed by atoms with Gasteiger partial charge in [-0.1, -0.05) is 60.7 Å². The Morgan fingerprint density at radius 1 is 0.400 bits per heavy atom. The van der Waals surface area contributed by atoms with Crippen molar-refractivity contribution in [1.29, 1.82) is 0 Å². The van der Waals surface area contributed by atoms with Crippen LogP contribution in [0, 0.1) is 0 Å². The Kier molecular flexibility index (Phi) is 2.92. The van der Waals surface area contributed by atoms with Crippen LogP contribution in [0.4, 0.5) is 0 Å². The van der Waals surface area contributed by atoms with E-state index in [0.29, 0.717) is 0 Å². The highest BCUT2D eigenvalue weighted by Crippen LogP contribution is 2.42. The van der Waals surface area contributed by atoms with E-state index in [-0.39, 0.29) is 5.56 Å². The monoisotopic (exact) mass is 447 g/mol. The van der Waals surface area contributed by atoms with Gasteiger partial charge in [-0.05, 0) is 47.9 Å². The first-order valence-corrected chi connectivity index (χ1v) is 11.9. The molecule has 0 saturated heterocycles. The van der Waals surface area contributed by atoms with E-state index in [2.05, 4.69) is 87.8 Å². The summed E-state index contributed by atoms with van der Waals surface area (Å²) >= 11 is 0. The molecule has 0 atom stereocenters. The molecule has 4 heterocycles. The number of hydrogen-bond donors (Lipinski definition) is 0. The van der Waals surface area contributed by atoms with Gasteiger partial charge in [0.2, 0.25) is 0 Å². The predicted molar refractivity (Wildman–Crippen MR) is 144 cm³/mol. The Morgan fingerprint density at radius 3 is 1.89 bits per heavy atom. The molecule has 2 aromatic heterocycles. The summed E-state index contributed by atoms with van der Waals surface area (Å²) in [5, 5.41) is 5.30. The third-order valence-corrected chi connectivity index (χ3v) is 7.75. The number of para-hydroxylation sites is 4. The number of hydrogen-bond acceptors (Lipinski definition) is 1. The fraction of sp³-hybridized carbons (Fsp3) is 0. The summed E-state index contributed by atoms with van der Waals surface area (Å²) in [6.45, 7) is 0. The van der Waals surface area contributed by atoms with E-state index in [9.17, 15) is 4.79 Å². The van der Waals surface area contributed by atoms with Crippen molar-refractivity contribution in [3.05, 3.63) is 113 Å². The van der Waals surface area contributed by atoms with Crippen LogP contribution in [0.5, 0.6) is 0 Å². The third kappa shape index (κ3) is 1.87. The van der Waals surface area contributed by atoms with E-state index < -0.39 is 0 Å². The fourth-order valence-electron chi connectivity index (χ4n) is 6.41. The maximum absolute atomic E-state index is 14.0. The van der Waals surface area contributed by atoms with Gasteiger partial charge >= 0.3 is 0 Å². The van der Waals surface area contributed by atoms with Gasteiger partial charge in [0.1, 0.15) is 0 Å². The second-order valence-electron chi connectivity index (χ2n) is 9.37. The summed E-state index contributed by atoms with van der Waals surface area (Å²) in [5.74, 6) is 0. The molecule has 0 spiro atoms. The molecule has 4 nitrogen and oxygen atoms in total. The molecule has 2 aliphatic heterocycles. The molecule has 5 aromatic carbocycles. The zero-order valence-electron chi connectivity index (χ0n) is 18.6. The lowest BCUT2D eigenvalue weighted by Crippen LogP contribution is -2.20. The van der Waals surface area contributed by atoms with Gasteiger partial charge < -0.3 is 8.97 Å². The SMILES string of the molecule is O=c1c2ccccc2c2ccc3c4c2n1c1ccccc1n-4c1cccc2c4ccccc4n3c21. The van der Waals surface area contributed by atoms with Crippen molar-refractivity contribution in [1.82, 2.24) is 13.4 Å². The zero-order chi connectivity index (χ0) is 22.8. The fourth-order valence-corrected chi connectivity index (χ4v) is 6.41. The minimum atomic E-state index is 0.0231. The average Bonchev–Trinajstić information content (AvgIpc) is 3.26. The molecule has 0 amide bonds. The first kappa shape index (κ1) is 17.6. The molecule has 0 fully saturated rings. The molecular formula is C31H17N3O. The Bertz CT molecular complexity index is 2350. The Hall–Kier alpha value is -4.83. The molecule has 0 radical (unpaired) electrons. The topological polar surface area (TPSA) is 30.8 Å². The van der Waals surface area contributed by atoms with E-state index >= 15 is 0 Å². The van der Waals surface area contributed by atoms with Crippen LogP contribution in [0.2, 0.25) is 0 Å². The smallest absolute Gasteiger partial charge is 0.263 e. The highest BCUT2D eigenvalue weighted by atomic mass is 16.1. The first-order chi connectivity index (χ1) is 17.3. The Morgan fingerprint density at radius 2 is 1.03 bits per heavy atom. The van der Waals surface area contributed by atoms with Crippen LogP contribution in [-0.2, 0) is 0 Å². The summed E-state index contributed by atoms with van der Waals surface area (Å²) in [7, 11) is 0. The van der Waals surface area contributed by atoms with E-state index in [1.807, 2.05) is 28.7 Å². The standard InChI is InChI=1S/C31H17N3O/c35-31-22-10-2-1-8-18(22)21-16-17-27-30-29(21)34(31)25-14-6-5-13-24(25)33(30)26-15-7-11-20-19-9-3-4-12-23(19)32(27)28(20)26/h1-17H. The Balaban J connectivity index is 1.78. The van der Waals surface area contributed by atoms with Crippen LogP contribution < -0.4 is 5.56 Å². The summed E-state index contributed by atoms with van der Waals surface area (Å²) in [4.78, 5) is 14.0. The third-order valence-electron chi connectivity index (χ3n) is 7.75. The van der Waals surface area contributed by atoms with Crippen LogP contribution in [0.3, 0.4) is 0 Å². The molecule has 4 heteroatoms. The molecule has 0 N–H and O–H groups in total. The van der Waals surface area contributed by atoms with Gasteiger partial charge in [-0.25, -0.2) is 0 Å². The number of benzene rings is 5. The lowest BCUT2D eigenvalue weighted by atomic mass is 10.0. The normalized spacial score (nSPS) is 12.7. The van der Waals surface area contributed by atoms with E-state index in [4.69, 9.17) is 0 Å². The van der Waals surface area contributed by atoms with E-state index in [0.717, 1.165) is 49.4 Å². The van der Waals surface area contributed by atoms with Gasteiger partial charge in [-0.2, -0.15) is 0 Å². The minimum absolute atomic E-state index is 0.0231. The molecule has 162 valence electrons. The summed E-state index contributed by atoms with van der Waals surface area (Å²) in [6.07, 6.45) is 0. The largest absolute Gasteiger partial charge is 0.305 e.